The molecule has 2 rings (SSSR count). The van der Waals surface area contributed by atoms with Crippen molar-refractivity contribution in [3.05, 3.63) is 23.7 Å². The number of allylic oxidation sites excluding steroid dienone is 2. The highest BCUT2D eigenvalue weighted by molar-refractivity contribution is 6.74. The zero-order valence-corrected chi connectivity index (χ0v) is 26.9. The van der Waals surface area contributed by atoms with E-state index in [2.05, 4.69) is 86.7 Å². The number of carbonyl (C=O) groups is 1. The van der Waals surface area contributed by atoms with Crippen LogP contribution in [-0.2, 0) is 23.2 Å². The average Bonchev–Trinajstić information content (AvgIpc) is 2.91. The van der Waals surface area contributed by atoms with Crippen molar-refractivity contribution in [2.45, 2.75) is 129 Å². The SMILES string of the molecule is CN(CC(COC1(C)C=C(B2OC(C)(C)C(C)(C)O2)C=CC1)O[Si](C)(C)C(C)(C)C)C(=O)OC(C)(C)C. The van der Waals surface area contributed by atoms with Crippen LogP contribution in [0.3, 0.4) is 0 Å². The molecule has 1 heterocycles. The van der Waals surface area contributed by atoms with Crippen LogP contribution in [0.1, 0.15) is 82.6 Å². The van der Waals surface area contributed by atoms with Crippen molar-refractivity contribution < 1.29 is 28.0 Å². The maximum Gasteiger partial charge on any atom is 0.494 e. The number of carbonyl (C=O) groups excluding carboxylic acids is 1. The van der Waals surface area contributed by atoms with Crippen LogP contribution in [0.4, 0.5) is 4.79 Å². The lowest BCUT2D eigenvalue weighted by Crippen LogP contribution is -2.50. The number of nitrogens with zero attached hydrogens (tertiary/aromatic N) is 1. The van der Waals surface area contributed by atoms with E-state index in [0.29, 0.717) is 13.2 Å². The summed E-state index contributed by atoms with van der Waals surface area (Å²) in [5.41, 5.74) is -0.966. The van der Waals surface area contributed by atoms with Gasteiger partial charge >= 0.3 is 13.2 Å². The number of likely N-dealkylation sites (N-methyl/N-ethyl adjacent to an activating group) is 1. The van der Waals surface area contributed by atoms with E-state index in [1.807, 2.05) is 20.8 Å². The topological polar surface area (TPSA) is 66.5 Å². The van der Waals surface area contributed by atoms with Gasteiger partial charge in [0, 0.05) is 7.05 Å². The highest BCUT2D eigenvalue weighted by atomic mass is 28.4. The second kappa shape index (κ2) is 10.8. The van der Waals surface area contributed by atoms with Crippen LogP contribution in [0.2, 0.25) is 18.1 Å². The number of amides is 1. The predicted octanol–water partition coefficient (Wildman–Crippen LogP) is 6.54. The summed E-state index contributed by atoms with van der Waals surface area (Å²) in [5, 5.41) is 0.0248. The van der Waals surface area contributed by atoms with Gasteiger partial charge in [0.15, 0.2) is 8.32 Å². The van der Waals surface area contributed by atoms with E-state index in [1.165, 1.54) is 0 Å². The molecule has 0 spiro atoms. The molecule has 0 saturated carbocycles. The standard InChI is InChI=1S/C28H52BNO6Si/c1-24(2,3)33-23(31)30(12)19-22(34-37(13,14)25(4,5)6)20-32-28(11)17-15-16-21(18-28)29-35-26(7,8)27(9,10)36-29/h15-16,18,22H,17,19-20H2,1-14H3. The summed E-state index contributed by atoms with van der Waals surface area (Å²) in [6.07, 6.45) is 6.34. The highest BCUT2D eigenvalue weighted by Gasteiger charge is 2.52. The Bertz CT molecular complexity index is 870. The molecule has 1 amide bonds. The summed E-state index contributed by atoms with van der Waals surface area (Å²) in [5.74, 6) is 0. The molecule has 0 N–H and O–H groups in total. The number of ether oxygens (including phenoxy) is 2. The Morgan fingerprint density at radius 3 is 2.11 bits per heavy atom. The quantitative estimate of drug-likeness (QED) is 0.328. The molecule has 9 heteroatoms. The molecule has 1 saturated heterocycles. The van der Waals surface area contributed by atoms with E-state index in [9.17, 15) is 4.79 Å². The summed E-state index contributed by atoms with van der Waals surface area (Å²) in [7, 11) is -0.818. The molecular formula is C28H52BNO6Si. The van der Waals surface area contributed by atoms with Crippen LogP contribution in [0.5, 0.6) is 0 Å². The van der Waals surface area contributed by atoms with Crippen LogP contribution < -0.4 is 0 Å². The fourth-order valence-electron chi connectivity index (χ4n) is 3.84. The molecule has 1 aliphatic carbocycles. The lowest BCUT2D eigenvalue weighted by atomic mass is 9.73. The van der Waals surface area contributed by atoms with Crippen molar-refractivity contribution in [1.82, 2.24) is 4.90 Å². The lowest BCUT2D eigenvalue weighted by molar-refractivity contribution is -0.0459. The third-order valence-electron chi connectivity index (χ3n) is 7.88. The Morgan fingerprint density at radius 2 is 1.62 bits per heavy atom. The van der Waals surface area contributed by atoms with E-state index in [-0.39, 0.29) is 17.2 Å². The van der Waals surface area contributed by atoms with E-state index >= 15 is 0 Å². The Balaban J connectivity index is 2.19. The molecule has 7 nitrogen and oxygen atoms in total. The number of hydrogen-bond donors (Lipinski definition) is 0. The molecule has 0 aromatic rings. The molecule has 2 aliphatic rings. The van der Waals surface area contributed by atoms with Crippen molar-refractivity contribution >= 4 is 21.5 Å². The maximum absolute atomic E-state index is 12.7. The van der Waals surface area contributed by atoms with Gasteiger partial charge in [0.25, 0.3) is 0 Å². The summed E-state index contributed by atoms with van der Waals surface area (Å²) >= 11 is 0. The van der Waals surface area contributed by atoms with E-state index in [0.717, 1.165) is 11.9 Å². The summed E-state index contributed by atoms with van der Waals surface area (Å²) in [6, 6.07) is 0. The summed E-state index contributed by atoms with van der Waals surface area (Å²) in [6.45, 7) is 27.7. The van der Waals surface area contributed by atoms with Gasteiger partial charge in [-0.25, -0.2) is 4.79 Å². The number of rotatable bonds is 8. The molecule has 1 aliphatic heterocycles. The Morgan fingerprint density at radius 1 is 1.08 bits per heavy atom. The zero-order chi connectivity index (χ0) is 28.7. The molecular weight excluding hydrogens is 485 g/mol. The third kappa shape index (κ3) is 8.43. The van der Waals surface area contributed by atoms with E-state index in [1.54, 1.807) is 11.9 Å². The van der Waals surface area contributed by atoms with Crippen LogP contribution in [0, 0.1) is 0 Å². The molecule has 0 aromatic carbocycles. The van der Waals surface area contributed by atoms with E-state index < -0.39 is 37.8 Å². The molecule has 0 bridgehead atoms. The first kappa shape index (κ1) is 32.1. The third-order valence-corrected chi connectivity index (χ3v) is 12.4. The molecule has 2 unspecified atom stereocenters. The molecule has 0 aromatic heterocycles. The van der Waals surface area contributed by atoms with Gasteiger partial charge in [0.05, 0.1) is 36.1 Å². The second-order valence-corrected chi connectivity index (χ2v) is 19.1. The van der Waals surface area contributed by atoms with Gasteiger partial charge in [-0.1, -0.05) is 39.0 Å². The van der Waals surface area contributed by atoms with Crippen molar-refractivity contribution in [2.75, 3.05) is 20.2 Å². The van der Waals surface area contributed by atoms with Gasteiger partial charge in [-0.2, -0.15) is 0 Å². The first-order valence-electron chi connectivity index (χ1n) is 13.5. The van der Waals surface area contributed by atoms with Gasteiger partial charge in [-0.15, -0.1) is 0 Å². The highest BCUT2D eigenvalue weighted by Crippen LogP contribution is 2.41. The Kier molecular flexibility index (Phi) is 9.36. The first-order chi connectivity index (χ1) is 16.5. The minimum absolute atomic E-state index is 0.0248. The monoisotopic (exact) mass is 537 g/mol. The minimum Gasteiger partial charge on any atom is -0.444 e. The number of hydrogen-bond acceptors (Lipinski definition) is 6. The van der Waals surface area contributed by atoms with Gasteiger partial charge in [0.1, 0.15) is 5.60 Å². The summed E-state index contributed by atoms with van der Waals surface area (Å²) < 4.78 is 31.4. The smallest absolute Gasteiger partial charge is 0.444 e. The Hall–Kier alpha value is -1.13. The van der Waals surface area contributed by atoms with Crippen LogP contribution in [0.15, 0.2) is 23.7 Å². The molecule has 0 radical (unpaired) electrons. The summed E-state index contributed by atoms with van der Waals surface area (Å²) in [4.78, 5) is 14.3. The second-order valence-electron chi connectivity index (χ2n) is 14.3. The van der Waals surface area contributed by atoms with Crippen LogP contribution >= 0.6 is 0 Å². The van der Waals surface area contributed by atoms with Crippen molar-refractivity contribution in [3.63, 3.8) is 0 Å². The largest absolute Gasteiger partial charge is 0.494 e. The molecule has 37 heavy (non-hydrogen) atoms. The van der Waals surface area contributed by atoms with Gasteiger partial charge < -0.3 is 28.1 Å². The van der Waals surface area contributed by atoms with Crippen molar-refractivity contribution in [1.29, 1.82) is 0 Å². The van der Waals surface area contributed by atoms with E-state index in [4.69, 9.17) is 23.2 Å². The van der Waals surface area contributed by atoms with Crippen LogP contribution in [0.25, 0.3) is 0 Å². The molecule has 212 valence electrons. The first-order valence-corrected chi connectivity index (χ1v) is 16.4. The van der Waals surface area contributed by atoms with Gasteiger partial charge in [-0.3, -0.25) is 0 Å². The lowest BCUT2D eigenvalue weighted by Gasteiger charge is -2.41. The fourth-order valence-corrected chi connectivity index (χ4v) is 5.17. The van der Waals surface area contributed by atoms with Crippen molar-refractivity contribution in [2.24, 2.45) is 0 Å². The maximum atomic E-state index is 12.7. The molecule has 2 atom stereocenters. The van der Waals surface area contributed by atoms with Gasteiger partial charge in [-0.05, 0) is 85.4 Å². The van der Waals surface area contributed by atoms with Crippen molar-refractivity contribution in [3.8, 4) is 0 Å². The fraction of sp³-hybridized carbons (Fsp3) is 0.821. The molecule has 1 fully saturated rings. The van der Waals surface area contributed by atoms with Crippen LogP contribution in [-0.4, -0.2) is 75.1 Å². The zero-order valence-electron chi connectivity index (χ0n) is 25.9. The minimum atomic E-state index is -2.12. The average molecular weight is 538 g/mol. The van der Waals surface area contributed by atoms with Gasteiger partial charge in [0.2, 0.25) is 0 Å². The normalized spacial score (nSPS) is 24.6. The Labute approximate surface area is 227 Å². The predicted molar refractivity (Wildman–Crippen MR) is 153 cm³/mol.